The second kappa shape index (κ2) is 9.41. The van der Waals surface area contributed by atoms with E-state index < -0.39 is 17.7 Å². The number of likely N-dealkylation sites (tertiary alicyclic amines) is 1. The van der Waals surface area contributed by atoms with Gasteiger partial charge in [-0.3, -0.25) is 9.59 Å². The quantitative estimate of drug-likeness (QED) is 0.306. The summed E-state index contributed by atoms with van der Waals surface area (Å²) in [6, 6.07) is 23.6. The maximum absolute atomic E-state index is 13.1. The molecule has 162 valence electrons. The molecule has 0 aliphatic carbocycles. The molecule has 1 aliphatic rings. The fourth-order valence-electron chi connectivity index (χ4n) is 4.05. The van der Waals surface area contributed by atoms with Crippen molar-refractivity contribution in [3.63, 3.8) is 0 Å². The van der Waals surface area contributed by atoms with Crippen LogP contribution in [0.4, 0.5) is 0 Å². The molecule has 4 nitrogen and oxygen atoms in total. The van der Waals surface area contributed by atoms with Gasteiger partial charge < -0.3 is 10.0 Å². The topological polar surface area (TPSA) is 57.6 Å². The number of carbonyl (C=O) groups excluding carboxylic acids is 2. The highest BCUT2D eigenvalue weighted by molar-refractivity contribution is 6.46. The third-order valence-electron chi connectivity index (χ3n) is 5.85. The summed E-state index contributed by atoms with van der Waals surface area (Å²) in [4.78, 5) is 27.7. The third kappa shape index (κ3) is 4.32. The summed E-state index contributed by atoms with van der Waals surface area (Å²) in [7, 11) is 0. The fourth-order valence-corrected chi connectivity index (χ4v) is 4.18. The SMILES string of the molecule is CCc1ccc(C2C(=C(O)c3ccc(Cl)cc3)C(=O)C(=O)N2CCc2ccccc2)cc1. The summed E-state index contributed by atoms with van der Waals surface area (Å²) < 4.78 is 0. The molecule has 0 saturated carbocycles. The molecule has 0 spiro atoms. The van der Waals surface area contributed by atoms with E-state index in [4.69, 9.17) is 11.6 Å². The number of carbonyl (C=O) groups is 2. The van der Waals surface area contributed by atoms with E-state index in [0.29, 0.717) is 23.6 Å². The smallest absolute Gasteiger partial charge is 0.295 e. The molecule has 32 heavy (non-hydrogen) atoms. The van der Waals surface area contributed by atoms with Gasteiger partial charge in [-0.2, -0.15) is 0 Å². The summed E-state index contributed by atoms with van der Waals surface area (Å²) in [5, 5.41) is 11.6. The molecule has 0 radical (unpaired) electrons. The first-order valence-corrected chi connectivity index (χ1v) is 11.0. The molecule has 1 aliphatic heterocycles. The van der Waals surface area contributed by atoms with Crippen molar-refractivity contribution in [1.82, 2.24) is 4.90 Å². The van der Waals surface area contributed by atoms with E-state index >= 15 is 0 Å². The van der Waals surface area contributed by atoms with Crippen LogP contribution < -0.4 is 0 Å². The highest BCUT2D eigenvalue weighted by atomic mass is 35.5. The molecule has 1 atom stereocenters. The first-order chi connectivity index (χ1) is 15.5. The monoisotopic (exact) mass is 445 g/mol. The molecule has 0 aromatic heterocycles. The second-order valence-electron chi connectivity index (χ2n) is 7.83. The van der Waals surface area contributed by atoms with Gasteiger partial charge in [-0.15, -0.1) is 0 Å². The lowest BCUT2D eigenvalue weighted by molar-refractivity contribution is -0.139. The third-order valence-corrected chi connectivity index (χ3v) is 6.10. The fraction of sp³-hybridized carbons (Fsp3) is 0.185. The second-order valence-corrected chi connectivity index (χ2v) is 8.27. The van der Waals surface area contributed by atoms with E-state index in [1.165, 1.54) is 0 Å². The van der Waals surface area contributed by atoms with Gasteiger partial charge in [-0.05, 0) is 53.8 Å². The summed E-state index contributed by atoms with van der Waals surface area (Å²) in [6.45, 7) is 2.44. The van der Waals surface area contributed by atoms with Crippen LogP contribution in [-0.4, -0.2) is 28.2 Å². The molecule has 3 aromatic carbocycles. The molecule has 5 heteroatoms. The zero-order valence-electron chi connectivity index (χ0n) is 17.8. The number of hydrogen-bond donors (Lipinski definition) is 1. The predicted molar refractivity (Wildman–Crippen MR) is 126 cm³/mol. The van der Waals surface area contributed by atoms with Crippen molar-refractivity contribution in [2.75, 3.05) is 6.54 Å². The maximum Gasteiger partial charge on any atom is 0.295 e. The zero-order chi connectivity index (χ0) is 22.7. The zero-order valence-corrected chi connectivity index (χ0v) is 18.5. The normalized spacial score (nSPS) is 17.7. The minimum atomic E-state index is -0.671. The Labute approximate surface area is 192 Å². The van der Waals surface area contributed by atoms with E-state index in [-0.39, 0.29) is 11.3 Å². The summed E-state index contributed by atoms with van der Waals surface area (Å²) >= 11 is 5.98. The average molecular weight is 446 g/mol. The Hall–Kier alpha value is -3.37. The van der Waals surface area contributed by atoms with Crippen molar-refractivity contribution in [3.8, 4) is 0 Å². The molecular formula is C27H24ClNO3. The van der Waals surface area contributed by atoms with Gasteiger partial charge in [0, 0.05) is 17.1 Å². The Morgan fingerprint density at radius 1 is 0.906 bits per heavy atom. The largest absolute Gasteiger partial charge is 0.507 e. The number of amides is 1. The highest BCUT2D eigenvalue weighted by Crippen LogP contribution is 2.39. The van der Waals surface area contributed by atoms with Gasteiger partial charge in [-0.25, -0.2) is 0 Å². The van der Waals surface area contributed by atoms with Gasteiger partial charge >= 0.3 is 0 Å². The molecule has 1 N–H and O–H groups in total. The van der Waals surface area contributed by atoms with Crippen LogP contribution in [0.3, 0.4) is 0 Å². The van der Waals surface area contributed by atoms with E-state index in [1.54, 1.807) is 29.2 Å². The highest BCUT2D eigenvalue weighted by Gasteiger charge is 2.45. The molecule has 1 fully saturated rings. The standard InChI is InChI=1S/C27H24ClNO3/c1-2-18-8-10-20(11-9-18)24-23(25(30)21-12-14-22(28)15-13-21)26(31)27(32)29(24)17-16-19-6-4-3-5-7-19/h3-15,24,30H,2,16-17H2,1H3. The van der Waals surface area contributed by atoms with Crippen molar-refractivity contribution in [1.29, 1.82) is 0 Å². The Balaban J connectivity index is 1.77. The number of Topliss-reactive ketones (excluding diaryl/α,β-unsaturated/α-hetero) is 1. The molecule has 3 aromatic rings. The molecule has 0 bridgehead atoms. The number of benzene rings is 3. The van der Waals surface area contributed by atoms with Crippen molar-refractivity contribution in [2.45, 2.75) is 25.8 Å². The minimum absolute atomic E-state index is 0.106. The van der Waals surface area contributed by atoms with Crippen LogP contribution in [0.25, 0.3) is 5.76 Å². The van der Waals surface area contributed by atoms with Crippen molar-refractivity contribution < 1.29 is 14.7 Å². The number of aliphatic hydroxyl groups is 1. The number of halogens is 1. The number of aryl methyl sites for hydroxylation is 1. The number of aliphatic hydroxyl groups excluding tert-OH is 1. The summed E-state index contributed by atoms with van der Waals surface area (Å²) in [5.74, 6) is -1.46. The molecule has 1 heterocycles. The Bertz CT molecular complexity index is 1150. The van der Waals surface area contributed by atoms with Crippen molar-refractivity contribution in [3.05, 3.63) is 112 Å². The Morgan fingerprint density at radius 2 is 1.56 bits per heavy atom. The molecular weight excluding hydrogens is 422 g/mol. The van der Waals surface area contributed by atoms with Crippen LogP contribution in [0.1, 0.15) is 35.2 Å². The van der Waals surface area contributed by atoms with Crippen molar-refractivity contribution >= 4 is 29.1 Å². The Kier molecular flexibility index (Phi) is 6.42. The van der Waals surface area contributed by atoms with Crippen molar-refractivity contribution in [2.24, 2.45) is 0 Å². The molecule has 1 saturated heterocycles. The number of hydrogen-bond acceptors (Lipinski definition) is 3. The lowest BCUT2D eigenvalue weighted by Crippen LogP contribution is -2.31. The first-order valence-electron chi connectivity index (χ1n) is 10.7. The number of nitrogens with zero attached hydrogens (tertiary/aromatic N) is 1. The summed E-state index contributed by atoms with van der Waals surface area (Å²) in [5.41, 5.74) is 3.59. The van der Waals surface area contributed by atoms with E-state index in [2.05, 4.69) is 6.92 Å². The lowest BCUT2D eigenvalue weighted by atomic mass is 9.94. The Morgan fingerprint density at radius 3 is 2.19 bits per heavy atom. The van der Waals surface area contributed by atoms with Gasteiger partial charge in [0.1, 0.15) is 5.76 Å². The van der Waals surface area contributed by atoms with E-state index in [0.717, 1.165) is 23.1 Å². The van der Waals surface area contributed by atoms with Crippen LogP contribution in [0.5, 0.6) is 0 Å². The van der Waals surface area contributed by atoms with Gasteiger partial charge in [0.05, 0.1) is 11.6 Å². The molecule has 4 rings (SSSR count). The van der Waals surface area contributed by atoms with Gasteiger partial charge in [0.25, 0.3) is 11.7 Å². The van der Waals surface area contributed by atoms with Crippen LogP contribution in [0.15, 0.2) is 84.4 Å². The van der Waals surface area contributed by atoms with Crippen LogP contribution in [0.2, 0.25) is 5.02 Å². The van der Waals surface area contributed by atoms with Gasteiger partial charge in [0.15, 0.2) is 0 Å². The van der Waals surface area contributed by atoms with Crippen LogP contribution in [0, 0.1) is 0 Å². The van der Waals surface area contributed by atoms with Crippen LogP contribution in [-0.2, 0) is 22.4 Å². The summed E-state index contributed by atoms with van der Waals surface area (Å²) in [6.07, 6.45) is 1.50. The molecule has 1 amide bonds. The number of rotatable bonds is 6. The van der Waals surface area contributed by atoms with Gasteiger partial charge in [-0.1, -0.05) is 73.1 Å². The van der Waals surface area contributed by atoms with Crippen LogP contribution >= 0.6 is 11.6 Å². The molecule has 1 unspecified atom stereocenters. The van der Waals surface area contributed by atoms with Gasteiger partial charge in [0.2, 0.25) is 0 Å². The maximum atomic E-state index is 13.1. The predicted octanol–water partition coefficient (Wildman–Crippen LogP) is 5.57. The minimum Gasteiger partial charge on any atom is -0.507 e. The average Bonchev–Trinajstić information content (AvgIpc) is 3.08. The lowest BCUT2D eigenvalue weighted by Gasteiger charge is -2.25. The first kappa shape index (κ1) is 21.8. The number of ketones is 1. The van der Waals surface area contributed by atoms with E-state index in [9.17, 15) is 14.7 Å². The van der Waals surface area contributed by atoms with E-state index in [1.807, 2.05) is 54.6 Å².